The van der Waals surface area contributed by atoms with E-state index in [1.54, 1.807) is 4.90 Å². The Morgan fingerprint density at radius 1 is 1.07 bits per heavy atom. The summed E-state index contributed by atoms with van der Waals surface area (Å²) in [6.45, 7) is 6.76. The molecule has 1 aliphatic heterocycles. The SMILES string of the molecule is Cc1cc(C)c(OC(=O)C2CCCN(C(=O)c3ccc(F)cc3)C2)c(C)c1. The van der Waals surface area contributed by atoms with E-state index in [0.29, 0.717) is 30.8 Å². The van der Waals surface area contributed by atoms with Gasteiger partial charge in [-0.15, -0.1) is 0 Å². The zero-order valence-corrected chi connectivity index (χ0v) is 15.9. The standard InChI is InChI=1S/C22H24FNO3/c1-14-11-15(2)20(16(3)12-14)27-22(26)18-5-4-10-24(13-18)21(25)17-6-8-19(23)9-7-17/h6-9,11-12,18H,4-5,10,13H2,1-3H3. The maximum Gasteiger partial charge on any atom is 0.316 e. The van der Waals surface area contributed by atoms with Crippen LogP contribution in [-0.2, 0) is 4.79 Å². The summed E-state index contributed by atoms with van der Waals surface area (Å²) in [6.07, 6.45) is 1.43. The first-order chi connectivity index (χ1) is 12.8. The number of nitrogens with zero attached hydrogens (tertiary/aromatic N) is 1. The molecule has 0 radical (unpaired) electrons. The van der Waals surface area contributed by atoms with Gasteiger partial charge in [0.15, 0.2) is 0 Å². The zero-order chi connectivity index (χ0) is 19.6. The number of ether oxygens (including phenoxy) is 1. The van der Waals surface area contributed by atoms with Crippen molar-refractivity contribution >= 4 is 11.9 Å². The van der Waals surface area contributed by atoms with Crippen molar-refractivity contribution in [2.45, 2.75) is 33.6 Å². The van der Waals surface area contributed by atoms with E-state index in [4.69, 9.17) is 4.74 Å². The van der Waals surface area contributed by atoms with Gasteiger partial charge in [0.05, 0.1) is 5.92 Å². The molecule has 4 nitrogen and oxygen atoms in total. The Balaban J connectivity index is 1.69. The van der Waals surface area contributed by atoms with Crippen molar-refractivity contribution in [3.8, 4) is 5.75 Å². The first-order valence-corrected chi connectivity index (χ1v) is 9.19. The van der Waals surface area contributed by atoms with Crippen molar-refractivity contribution in [1.82, 2.24) is 4.90 Å². The monoisotopic (exact) mass is 369 g/mol. The lowest BCUT2D eigenvalue weighted by atomic mass is 9.97. The molecule has 0 bridgehead atoms. The van der Waals surface area contributed by atoms with Gasteiger partial charge < -0.3 is 9.64 Å². The molecule has 27 heavy (non-hydrogen) atoms. The highest BCUT2D eigenvalue weighted by Gasteiger charge is 2.30. The molecule has 1 fully saturated rings. The van der Waals surface area contributed by atoms with Crippen LogP contribution < -0.4 is 4.74 Å². The molecule has 0 saturated carbocycles. The Hall–Kier alpha value is -2.69. The minimum absolute atomic E-state index is 0.185. The van der Waals surface area contributed by atoms with Crippen LogP contribution in [-0.4, -0.2) is 29.9 Å². The molecule has 0 spiro atoms. The molecule has 1 heterocycles. The molecule has 2 aromatic rings. The lowest BCUT2D eigenvalue weighted by Gasteiger charge is -2.31. The van der Waals surface area contributed by atoms with Crippen molar-refractivity contribution in [2.75, 3.05) is 13.1 Å². The van der Waals surface area contributed by atoms with Crippen molar-refractivity contribution in [2.24, 2.45) is 5.92 Å². The lowest BCUT2D eigenvalue weighted by Crippen LogP contribution is -2.43. The maximum atomic E-state index is 13.1. The number of piperidine rings is 1. The molecule has 3 rings (SSSR count). The minimum atomic E-state index is -0.379. The summed E-state index contributed by atoms with van der Waals surface area (Å²) in [5.41, 5.74) is 3.40. The van der Waals surface area contributed by atoms with Gasteiger partial charge in [0.1, 0.15) is 11.6 Å². The van der Waals surface area contributed by atoms with Crippen LogP contribution in [0.3, 0.4) is 0 Å². The van der Waals surface area contributed by atoms with Crippen LogP contribution in [0.5, 0.6) is 5.75 Å². The first-order valence-electron chi connectivity index (χ1n) is 9.19. The predicted octanol–water partition coefficient (Wildman–Crippen LogP) is 4.21. The number of hydrogen-bond acceptors (Lipinski definition) is 3. The molecule has 5 heteroatoms. The van der Waals surface area contributed by atoms with E-state index in [9.17, 15) is 14.0 Å². The number of halogens is 1. The highest BCUT2D eigenvalue weighted by atomic mass is 19.1. The molecule has 1 unspecified atom stereocenters. The number of rotatable bonds is 3. The van der Waals surface area contributed by atoms with Gasteiger partial charge in [-0.05, 0) is 69.0 Å². The Labute approximate surface area is 158 Å². The molecule has 1 saturated heterocycles. The van der Waals surface area contributed by atoms with E-state index < -0.39 is 0 Å². The van der Waals surface area contributed by atoms with E-state index in [2.05, 4.69) is 0 Å². The molecule has 2 aromatic carbocycles. The normalized spacial score (nSPS) is 16.9. The Bertz CT molecular complexity index is 837. The molecular formula is C22H24FNO3. The summed E-state index contributed by atoms with van der Waals surface area (Å²) >= 11 is 0. The number of esters is 1. The fourth-order valence-corrected chi connectivity index (χ4v) is 3.64. The van der Waals surface area contributed by atoms with Crippen molar-refractivity contribution in [1.29, 1.82) is 0 Å². The van der Waals surface area contributed by atoms with Crippen molar-refractivity contribution < 1.29 is 18.7 Å². The van der Waals surface area contributed by atoms with Crippen molar-refractivity contribution in [3.63, 3.8) is 0 Å². The van der Waals surface area contributed by atoms with Crippen LogP contribution in [0.1, 0.15) is 39.9 Å². The van der Waals surface area contributed by atoms with Crippen LogP contribution in [0.4, 0.5) is 4.39 Å². The summed E-state index contributed by atoms with van der Waals surface area (Å²) in [5, 5.41) is 0. The Morgan fingerprint density at radius 3 is 2.33 bits per heavy atom. The average Bonchev–Trinajstić information content (AvgIpc) is 2.64. The molecule has 0 N–H and O–H groups in total. The van der Waals surface area contributed by atoms with E-state index in [1.165, 1.54) is 24.3 Å². The first kappa shape index (κ1) is 19.1. The number of hydrogen-bond donors (Lipinski definition) is 0. The Kier molecular flexibility index (Phi) is 5.59. The van der Waals surface area contributed by atoms with E-state index >= 15 is 0 Å². The third-order valence-corrected chi connectivity index (χ3v) is 4.94. The molecule has 1 amide bonds. The van der Waals surface area contributed by atoms with Gasteiger partial charge in [-0.25, -0.2) is 4.39 Å². The number of aryl methyl sites for hydroxylation is 3. The van der Waals surface area contributed by atoms with E-state index in [1.807, 2.05) is 32.9 Å². The van der Waals surface area contributed by atoms with Crippen LogP contribution in [0.2, 0.25) is 0 Å². The van der Waals surface area contributed by atoms with Gasteiger partial charge in [-0.1, -0.05) is 17.7 Å². The van der Waals surface area contributed by atoms with Gasteiger partial charge in [0, 0.05) is 18.7 Å². The van der Waals surface area contributed by atoms with Crippen molar-refractivity contribution in [3.05, 3.63) is 64.5 Å². The van der Waals surface area contributed by atoms with Crippen LogP contribution in [0, 0.1) is 32.5 Å². The summed E-state index contributed by atoms with van der Waals surface area (Å²) in [6, 6.07) is 9.46. The summed E-state index contributed by atoms with van der Waals surface area (Å²) in [4.78, 5) is 27.0. The number of likely N-dealkylation sites (tertiary alicyclic amines) is 1. The number of carbonyl (C=O) groups is 2. The number of amides is 1. The maximum absolute atomic E-state index is 13.1. The largest absolute Gasteiger partial charge is 0.426 e. The quantitative estimate of drug-likeness (QED) is 0.601. The lowest BCUT2D eigenvalue weighted by molar-refractivity contribution is -0.140. The number of benzene rings is 2. The molecule has 1 atom stereocenters. The third kappa shape index (κ3) is 4.35. The van der Waals surface area contributed by atoms with Crippen LogP contribution in [0.15, 0.2) is 36.4 Å². The number of carbonyl (C=O) groups excluding carboxylic acids is 2. The fraction of sp³-hybridized carbons (Fsp3) is 0.364. The molecule has 1 aliphatic rings. The third-order valence-electron chi connectivity index (χ3n) is 4.94. The summed E-state index contributed by atoms with van der Waals surface area (Å²) < 4.78 is 18.8. The van der Waals surface area contributed by atoms with Crippen LogP contribution in [0.25, 0.3) is 0 Å². The van der Waals surface area contributed by atoms with E-state index in [-0.39, 0.29) is 23.6 Å². The average molecular weight is 369 g/mol. The summed E-state index contributed by atoms with van der Waals surface area (Å²) in [7, 11) is 0. The van der Waals surface area contributed by atoms with Gasteiger partial charge in [0.25, 0.3) is 5.91 Å². The molecule has 142 valence electrons. The molecule has 0 aromatic heterocycles. The fourth-order valence-electron chi connectivity index (χ4n) is 3.64. The zero-order valence-electron chi connectivity index (χ0n) is 15.9. The topological polar surface area (TPSA) is 46.6 Å². The smallest absolute Gasteiger partial charge is 0.316 e. The molecule has 0 aliphatic carbocycles. The second-order valence-electron chi connectivity index (χ2n) is 7.25. The Morgan fingerprint density at radius 2 is 1.70 bits per heavy atom. The second-order valence-corrected chi connectivity index (χ2v) is 7.25. The highest BCUT2D eigenvalue weighted by molar-refractivity contribution is 5.94. The predicted molar refractivity (Wildman–Crippen MR) is 101 cm³/mol. The molecular weight excluding hydrogens is 345 g/mol. The van der Waals surface area contributed by atoms with Gasteiger partial charge >= 0.3 is 5.97 Å². The van der Waals surface area contributed by atoms with Crippen LogP contribution >= 0.6 is 0 Å². The minimum Gasteiger partial charge on any atom is -0.426 e. The summed E-state index contributed by atoms with van der Waals surface area (Å²) in [5.74, 6) is -0.622. The van der Waals surface area contributed by atoms with Gasteiger partial charge in [0.2, 0.25) is 0 Å². The van der Waals surface area contributed by atoms with Gasteiger partial charge in [-0.2, -0.15) is 0 Å². The highest BCUT2D eigenvalue weighted by Crippen LogP contribution is 2.27. The van der Waals surface area contributed by atoms with E-state index in [0.717, 1.165) is 23.1 Å². The van der Waals surface area contributed by atoms with Gasteiger partial charge in [-0.3, -0.25) is 9.59 Å². The second kappa shape index (κ2) is 7.91.